The van der Waals surface area contributed by atoms with Gasteiger partial charge in [0.25, 0.3) is 0 Å². The Morgan fingerprint density at radius 3 is 2.24 bits per heavy atom. The van der Waals surface area contributed by atoms with E-state index in [-0.39, 0.29) is 10.6 Å². The average Bonchev–Trinajstić information content (AvgIpc) is 2.38. The molecule has 0 aliphatic carbocycles. The minimum absolute atomic E-state index is 0.0199. The molecule has 2 rings (SSSR count). The number of benzene rings is 2. The smallest absolute Gasteiger partial charge is 0.183 e. The van der Waals surface area contributed by atoms with Crippen LogP contribution in [0.4, 0.5) is 5.69 Å². The van der Waals surface area contributed by atoms with E-state index >= 15 is 0 Å². The molecular formula is C16H18BrNO2S. The molecule has 0 bridgehead atoms. The van der Waals surface area contributed by atoms with E-state index in [1.807, 2.05) is 24.3 Å². The normalized spacial score (nSPS) is 11.8. The van der Waals surface area contributed by atoms with Crippen LogP contribution in [-0.2, 0) is 15.6 Å². The van der Waals surface area contributed by atoms with E-state index in [9.17, 15) is 8.42 Å². The summed E-state index contributed by atoms with van der Waals surface area (Å²) in [6.07, 6.45) is 0. The zero-order valence-corrected chi connectivity index (χ0v) is 14.4. The average molecular weight is 368 g/mol. The van der Waals surface area contributed by atoms with Gasteiger partial charge in [-0.3, -0.25) is 0 Å². The fourth-order valence-corrected chi connectivity index (χ4v) is 4.62. The van der Waals surface area contributed by atoms with Crippen molar-refractivity contribution in [2.24, 2.45) is 0 Å². The summed E-state index contributed by atoms with van der Waals surface area (Å²) in [4.78, 5) is 0.268. The lowest BCUT2D eigenvalue weighted by atomic mass is 10.0. The molecule has 0 saturated heterocycles. The molecule has 0 saturated carbocycles. The molecule has 0 unspecified atom stereocenters. The van der Waals surface area contributed by atoms with E-state index in [0.717, 1.165) is 5.56 Å². The number of nitrogens with two attached hydrogens (primary N) is 1. The molecule has 0 spiro atoms. The van der Waals surface area contributed by atoms with E-state index in [1.165, 1.54) is 11.6 Å². The largest absolute Gasteiger partial charge is 0.399 e. The van der Waals surface area contributed by atoms with Crippen LogP contribution in [0.15, 0.2) is 51.8 Å². The third-order valence-electron chi connectivity index (χ3n) is 3.29. The first-order valence-electron chi connectivity index (χ1n) is 6.66. The Hall–Kier alpha value is -1.33. The van der Waals surface area contributed by atoms with E-state index in [2.05, 4.69) is 29.8 Å². The van der Waals surface area contributed by atoms with Crippen LogP contribution in [0.1, 0.15) is 30.9 Å². The van der Waals surface area contributed by atoms with Crippen LogP contribution in [0.5, 0.6) is 0 Å². The topological polar surface area (TPSA) is 60.2 Å². The minimum atomic E-state index is -3.40. The molecule has 3 nitrogen and oxygen atoms in total. The van der Waals surface area contributed by atoms with Gasteiger partial charge in [-0.05, 0) is 51.2 Å². The first kappa shape index (κ1) is 16.0. The van der Waals surface area contributed by atoms with Gasteiger partial charge in [-0.2, -0.15) is 0 Å². The summed E-state index contributed by atoms with van der Waals surface area (Å²) in [5.74, 6) is 0.412. The van der Waals surface area contributed by atoms with Crippen LogP contribution in [0.25, 0.3) is 0 Å². The Labute approximate surface area is 134 Å². The van der Waals surface area contributed by atoms with Crippen molar-refractivity contribution in [3.05, 3.63) is 58.1 Å². The van der Waals surface area contributed by atoms with E-state index in [1.54, 1.807) is 12.1 Å². The van der Waals surface area contributed by atoms with Gasteiger partial charge < -0.3 is 5.73 Å². The molecule has 5 heteroatoms. The van der Waals surface area contributed by atoms with Crippen molar-refractivity contribution in [3.8, 4) is 0 Å². The zero-order valence-electron chi connectivity index (χ0n) is 12.0. The molecule has 0 heterocycles. The SMILES string of the molecule is CC(C)c1ccc(CS(=O)(=O)c2ccc(N)cc2Br)cc1. The van der Waals surface area contributed by atoms with Crippen molar-refractivity contribution in [1.29, 1.82) is 0 Å². The second-order valence-corrected chi connectivity index (χ2v) is 8.16. The first-order valence-corrected chi connectivity index (χ1v) is 9.11. The van der Waals surface area contributed by atoms with Gasteiger partial charge in [0.1, 0.15) is 0 Å². The van der Waals surface area contributed by atoms with Crippen molar-refractivity contribution in [3.63, 3.8) is 0 Å². The Balaban J connectivity index is 2.28. The molecule has 0 atom stereocenters. The standard InChI is InChI=1S/C16H18BrNO2S/c1-11(2)13-5-3-12(4-6-13)10-21(19,20)16-8-7-14(18)9-15(16)17/h3-9,11H,10,18H2,1-2H3. The van der Waals surface area contributed by atoms with Gasteiger partial charge in [0.2, 0.25) is 0 Å². The van der Waals surface area contributed by atoms with Gasteiger partial charge in [-0.1, -0.05) is 38.1 Å². The van der Waals surface area contributed by atoms with Gasteiger partial charge in [0, 0.05) is 10.2 Å². The zero-order chi connectivity index (χ0) is 15.6. The monoisotopic (exact) mass is 367 g/mol. The Kier molecular flexibility index (Phi) is 4.74. The van der Waals surface area contributed by atoms with Crippen LogP contribution >= 0.6 is 15.9 Å². The maximum absolute atomic E-state index is 12.5. The molecule has 0 fully saturated rings. The number of hydrogen-bond acceptors (Lipinski definition) is 3. The molecule has 2 N–H and O–H groups in total. The van der Waals surface area contributed by atoms with E-state index in [0.29, 0.717) is 16.1 Å². The highest BCUT2D eigenvalue weighted by atomic mass is 79.9. The number of nitrogen functional groups attached to an aromatic ring is 1. The van der Waals surface area contributed by atoms with Crippen LogP contribution in [-0.4, -0.2) is 8.42 Å². The lowest BCUT2D eigenvalue weighted by molar-refractivity contribution is 0.595. The molecule has 2 aromatic carbocycles. The summed E-state index contributed by atoms with van der Waals surface area (Å²) in [6.45, 7) is 4.22. The molecule has 2 aromatic rings. The number of hydrogen-bond donors (Lipinski definition) is 1. The third kappa shape index (κ3) is 3.86. The maximum atomic E-state index is 12.5. The van der Waals surface area contributed by atoms with Crippen LogP contribution < -0.4 is 5.73 Å². The summed E-state index contributed by atoms with van der Waals surface area (Å²) in [7, 11) is -3.40. The molecule has 0 aliphatic heterocycles. The Bertz CT molecular complexity index is 737. The van der Waals surface area contributed by atoms with Gasteiger partial charge in [-0.25, -0.2) is 8.42 Å². The molecule has 0 amide bonds. The second-order valence-electron chi connectivity index (χ2n) is 5.35. The fraction of sp³-hybridized carbons (Fsp3) is 0.250. The fourth-order valence-electron chi connectivity index (χ4n) is 2.07. The quantitative estimate of drug-likeness (QED) is 0.826. The third-order valence-corrected chi connectivity index (χ3v) is 5.95. The lowest BCUT2D eigenvalue weighted by Gasteiger charge is -2.09. The molecular weight excluding hydrogens is 350 g/mol. The van der Waals surface area contributed by atoms with Crippen molar-refractivity contribution >= 4 is 31.5 Å². The predicted molar refractivity (Wildman–Crippen MR) is 90.0 cm³/mol. The van der Waals surface area contributed by atoms with Crippen molar-refractivity contribution in [2.45, 2.75) is 30.4 Å². The van der Waals surface area contributed by atoms with Gasteiger partial charge in [0.05, 0.1) is 10.6 Å². The Morgan fingerprint density at radius 1 is 1.10 bits per heavy atom. The van der Waals surface area contributed by atoms with Gasteiger partial charge >= 0.3 is 0 Å². The number of rotatable bonds is 4. The van der Waals surface area contributed by atoms with Gasteiger partial charge in [-0.15, -0.1) is 0 Å². The summed E-state index contributed by atoms with van der Waals surface area (Å²) in [5.41, 5.74) is 8.15. The molecule has 0 radical (unpaired) electrons. The van der Waals surface area contributed by atoms with E-state index in [4.69, 9.17) is 5.73 Å². The van der Waals surface area contributed by atoms with Crippen molar-refractivity contribution in [1.82, 2.24) is 0 Å². The summed E-state index contributed by atoms with van der Waals surface area (Å²) < 4.78 is 25.5. The van der Waals surface area contributed by atoms with Crippen LogP contribution in [0, 0.1) is 0 Å². The molecule has 0 aliphatic rings. The predicted octanol–water partition coefficient (Wildman–Crippen LogP) is 4.13. The second kappa shape index (κ2) is 6.20. The number of sulfone groups is 1. The van der Waals surface area contributed by atoms with Gasteiger partial charge in [0.15, 0.2) is 9.84 Å². The highest BCUT2D eigenvalue weighted by Crippen LogP contribution is 2.27. The number of halogens is 1. The van der Waals surface area contributed by atoms with Crippen molar-refractivity contribution < 1.29 is 8.42 Å². The Morgan fingerprint density at radius 2 is 1.71 bits per heavy atom. The summed E-state index contributed by atoms with van der Waals surface area (Å²) >= 11 is 3.27. The highest BCUT2D eigenvalue weighted by Gasteiger charge is 2.18. The summed E-state index contributed by atoms with van der Waals surface area (Å²) in [5, 5.41) is 0. The maximum Gasteiger partial charge on any atom is 0.183 e. The molecule has 21 heavy (non-hydrogen) atoms. The van der Waals surface area contributed by atoms with Crippen LogP contribution in [0.3, 0.4) is 0 Å². The summed E-state index contributed by atoms with van der Waals surface area (Å²) in [6, 6.07) is 12.4. The van der Waals surface area contributed by atoms with E-state index < -0.39 is 9.84 Å². The molecule has 112 valence electrons. The minimum Gasteiger partial charge on any atom is -0.399 e. The van der Waals surface area contributed by atoms with Crippen LogP contribution in [0.2, 0.25) is 0 Å². The number of anilines is 1. The first-order chi connectivity index (χ1) is 9.79. The lowest BCUT2D eigenvalue weighted by Crippen LogP contribution is -2.06. The highest BCUT2D eigenvalue weighted by molar-refractivity contribution is 9.10. The molecule has 0 aromatic heterocycles. The van der Waals surface area contributed by atoms with Crippen molar-refractivity contribution in [2.75, 3.05) is 5.73 Å².